The van der Waals surface area contributed by atoms with E-state index in [0.29, 0.717) is 24.2 Å². The number of fused-ring (bicyclic) bond motifs is 5. The van der Waals surface area contributed by atoms with Crippen molar-refractivity contribution in [1.82, 2.24) is 0 Å². The van der Waals surface area contributed by atoms with Crippen LogP contribution in [-0.2, 0) is 9.53 Å². The third kappa shape index (κ3) is 2.57. The predicted molar refractivity (Wildman–Crippen MR) is 95.8 cm³/mol. The minimum absolute atomic E-state index is 0.104. The van der Waals surface area contributed by atoms with Gasteiger partial charge in [0.2, 0.25) is 0 Å². The van der Waals surface area contributed by atoms with Gasteiger partial charge in [0.05, 0.1) is 18.1 Å². The summed E-state index contributed by atoms with van der Waals surface area (Å²) in [5, 5.41) is 30.4. The fourth-order valence-electron chi connectivity index (χ4n) is 7.91. The highest BCUT2D eigenvalue weighted by atomic mass is 16.6. The summed E-state index contributed by atoms with van der Waals surface area (Å²) in [7, 11) is 0. The minimum atomic E-state index is -0.563. The van der Waals surface area contributed by atoms with E-state index in [2.05, 4.69) is 13.8 Å². The van der Waals surface area contributed by atoms with Crippen LogP contribution in [0.2, 0.25) is 0 Å². The number of hydrogen-bond donors (Lipinski definition) is 3. The van der Waals surface area contributed by atoms with Gasteiger partial charge in [0.15, 0.2) is 6.79 Å². The van der Waals surface area contributed by atoms with Gasteiger partial charge in [-0.3, -0.25) is 4.79 Å². The molecule has 0 aliphatic heterocycles. The van der Waals surface area contributed by atoms with E-state index in [0.717, 1.165) is 44.9 Å². The lowest BCUT2D eigenvalue weighted by Gasteiger charge is -2.62. The van der Waals surface area contributed by atoms with Gasteiger partial charge in [-0.1, -0.05) is 13.8 Å². The van der Waals surface area contributed by atoms with Crippen molar-refractivity contribution < 1.29 is 24.9 Å². The van der Waals surface area contributed by atoms with Crippen LogP contribution in [0.1, 0.15) is 65.2 Å². The standard InChI is InChI=1S/C21H34O5/c1-20-8-7-13(23)9-12(20)3-4-14-15-5-6-16(19(25)26-11-22)21(15,2)10-17(24)18(14)20/h12-18,22-24H,3-11H2,1-2H3/t12-,13-,14?,15?,16-,17+,18?,20+,21+/m1/s1. The van der Waals surface area contributed by atoms with Crippen LogP contribution >= 0.6 is 0 Å². The molecule has 0 saturated heterocycles. The molecule has 5 heteroatoms. The van der Waals surface area contributed by atoms with Crippen LogP contribution in [0.25, 0.3) is 0 Å². The molecule has 3 unspecified atom stereocenters. The summed E-state index contributed by atoms with van der Waals surface area (Å²) in [5.74, 6) is 1.16. The first-order valence-corrected chi connectivity index (χ1v) is 10.4. The van der Waals surface area contributed by atoms with Crippen molar-refractivity contribution in [2.75, 3.05) is 6.79 Å². The van der Waals surface area contributed by atoms with Gasteiger partial charge >= 0.3 is 5.97 Å². The molecule has 0 amide bonds. The molecule has 26 heavy (non-hydrogen) atoms. The lowest BCUT2D eigenvalue weighted by molar-refractivity contribution is -0.186. The zero-order valence-electron chi connectivity index (χ0n) is 16.1. The molecule has 3 N–H and O–H groups in total. The molecule has 4 rings (SSSR count). The number of hydrogen-bond acceptors (Lipinski definition) is 5. The molecule has 0 radical (unpaired) electrons. The number of carbonyl (C=O) groups is 1. The average molecular weight is 366 g/mol. The lowest BCUT2D eigenvalue weighted by Crippen LogP contribution is -2.59. The number of esters is 1. The molecule has 0 spiro atoms. The average Bonchev–Trinajstić information content (AvgIpc) is 2.92. The van der Waals surface area contributed by atoms with E-state index < -0.39 is 12.9 Å². The highest BCUT2D eigenvalue weighted by Gasteiger charge is 2.64. The number of ether oxygens (including phenoxy) is 1. The Morgan fingerprint density at radius 3 is 2.58 bits per heavy atom. The molecular weight excluding hydrogens is 332 g/mol. The molecule has 4 aliphatic carbocycles. The Morgan fingerprint density at radius 2 is 1.85 bits per heavy atom. The molecule has 0 bridgehead atoms. The van der Waals surface area contributed by atoms with Crippen molar-refractivity contribution in [2.24, 2.45) is 40.4 Å². The van der Waals surface area contributed by atoms with Gasteiger partial charge in [-0.05, 0) is 85.9 Å². The molecular formula is C21H34O5. The lowest BCUT2D eigenvalue weighted by atomic mass is 9.44. The predicted octanol–water partition coefficient (Wildman–Crippen LogP) is 2.47. The van der Waals surface area contributed by atoms with Gasteiger partial charge in [0.25, 0.3) is 0 Å². The molecule has 5 nitrogen and oxygen atoms in total. The number of rotatable bonds is 2. The molecule has 4 fully saturated rings. The molecule has 4 aliphatic rings. The van der Waals surface area contributed by atoms with E-state index in [9.17, 15) is 15.0 Å². The smallest absolute Gasteiger partial charge is 0.311 e. The third-order valence-corrected chi connectivity index (χ3v) is 9.06. The summed E-state index contributed by atoms with van der Waals surface area (Å²) in [6.45, 7) is 3.94. The fraction of sp³-hybridized carbons (Fsp3) is 0.952. The van der Waals surface area contributed by atoms with E-state index in [1.54, 1.807) is 0 Å². The van der Waals surface area contributed by atoms with E-state index in [1.807, 2.05) is 0 Å². The first-order chi connectivity index (χ1) is 12.3. The number of carbonyl (C=O) groups excluding carboxylic acids is 1. The first-order valence-electron chi connectivity index (χ1n) is 10.4. The topological polar surface area (TPSA) is 87.0 Å². The van der Waals surface area contributed by atoms with Gasteiger partial charge in [0.1, 0.15) is 0 Å². The summed E-state index contributed by atoms with van der Waals surface area (Å²) < 4.78 is 4.94. The molecule has 0 heterocycles. The van der Waals surface area contributed by atoms with Crippen LogP contribution in [0.5, 0.6) is 0 Å². The Hall–Kier alpha value is -0.650. The summed E-state index contributed by atoms with van der Waals surface area (Å²) in [4.78, 5) is 12.4. The highest BCUT2D eigenvalue weighted by molar-refractivity contribution is 5.74. The maximum absolute atomic E-state index is 12.4. The summed E-state index contributed by atoms with van der Waals surface area (Å²) >= 11 is 0. The van der Waals surface area contributed by atoms with Crippen molar-refractivity contribution in [1.29, 1.82) is 0 Å². The molecule has 148 valence electrons. The van der Waals surface area contributed by atoms with Crippen LogP contribution in [0.3, 0.4) is 0 Å². The third-order valence-electron chi connectivity index (χ3n) is 9.06. The van der Waals surface area contributed by atoms with Crippen LogP contribution in [-0.4, -0.2) is 40.3 Å². The summed E-state index contributed by atoms with van der Waals surface area (Å²) in [6.07, 6.45) is 6.82. The SMILES string of the molecule is C[C@]12C[C@H](O)C3C(CC[C@@H]4C[C@H](O)CC[C@]34C)C1CC[C@@H]2C(=O)OCO. The maximum atomic E-state index is 12.4. The molecule has 0 aromatic heterocycles. The molecule has 9 atom stereocenters. The minimum Gasteiger partial charge on any atom is -0.438 e. The van der Waals surface area contributed by atoms with E-state index in [4.69, 9.17) is 9.84 Å². The summed E-state index contributed by atoms with van der Waals surface area (Å²) in [6, 6.07) is 0. The van der Waals surface area contributed by atoms with Crippen LogP contribution < -0.4 is 0 Å². The fourth-order valence-corrected chi connectivity index (χ4v) is 7.91. The first kappa shape index (κ1) is 18.7. The van der Waals surface area contributed by atoms with E-state index in [-0.39, 0.29) is 34.7 Å². The van der Waals surface area contributed by atoms with Gasteiger partial charge in [0, 0.05) is 0 Å². The Labute approximate surface area is 156 Å². The molecule has 0 aromatic rings. The van der Waals surface area contributed by atoms with E-state index in [1.165, 1.54) is 0 Å². The zero-order chi connectivity index (χ0) is 18.7. The van der Waals surface area contributed by atoms with Crippen molar-refractivity contribution in [2.45, 2.75) is 77.4 Å². The van der Waals surface area contributed by atoms with Crippen molar-refractivity contribution in [3.05, 3.63) is 0 Å². The van der Waals surface area contributed by atoms with Crippen LogP contribution in [0.4, 0.5) is 0 Å². The second kappa shape index (κ2) is 6.46. The Bertz CT molecular complexity index is 565. The van der Waals surface area contributed by atoms with Crippen molar-refractivity contribution in [3.8, 4) is 0 Å². The normalized spacial score (nSPS) is 53.3. The molecule has 0 aromatic carbocycles. The van der Waals surface area contributed by atoms with Crippen LogP contribution in [0, 0.1) is 40.4 Å². The van der Waals surface area contributed by atoms with E-state index >= 15 is 0 Å². The number of aliphatic hydroxyl groups is 3. The summed E-state index contributed by atoms with van der Waals surface area (Å²) in [5.41, 5.74) is -0.128. The van der Waals surface area contributed by atoms with Crippen molar-refractivity contribution >= 4 is 5.97 Å². The largest absolute Gasteiger partial charge is 0.438 e. The van der Waals surface area contributed by atoms with Gasteiger partial charge in [-0.2, -0.15) is 0 Å². The zero-order valence-corrected chi connectivity index (χ0v) is 16.1. The second-order valence-corrected chi connectivity index (χ2v) is 10.0. The maximum Gasteiger partial charge on any atom is 0.311 e. The highest BCUT2D eigenvalue weighted by Crippen LogP contribution is 2.67. The van der Waals surface area contributed by atoms with Gasteiger partial charge < -0.3 is 20.1 Å². The monoisotopic (exact) mass is 366 g/mol. The Morgan fingerprint density at radius 1 is 1.08 bits per heavy atom. The number of aliphatic hydroxyl groups excluding tert-OH is 3. The van der Waals surface area contributed by atoms with Crippen LogP contribution in [0.15, 0.2) is 0 Å². The second-order valence-electron chi connectivity index (χ2n) is 10.0. The Balaban J connectivity index is 1.62. The quantitative estimate of drug-likeness (QED) is 0.516. The molecule has 4 saturated carbocycles. The van der Waals surface area contributed by atoms with Gasteiger partial charge in [-0.15, -0.1) is 0 Å². The Kier molecular flexibility index (Phi) is 4.64. The van der Waals surface area contributed by atoms with Crippen molar-refractivity contribution in [3.63, 3.8) is 0 Å². The van der Waals surface area contributed by atoms with Gasteiger partial charge in [-0.25, -0.2) is 0 Å².